The minimum atomic E-state index is 0.248. The summed E-state index contributed by atoms with van der Waals surface area (Å²) in [4.78, 5) is 4.08. The van der Waals surface area contributed by atoms with Crippen molar-refractivity contribution in [1.82, 2.24) is 4.98 Å². The summed E-state index contributed by atoms with van der Waals surface area (Å²) in [6.07, 6.45) is 10.2. The molecule has 1 aliphatic carbocycles. The molecule has 1 aromatic heterocycles. The molecule has 0 spiro atoms. The Morgan fingerprint density at radius 2 is 1.88 bits per heavy atom. The van der Waals surface area contributed by atoms with E-state index >= 15 is 0 Å². The molecule has 2 atom stereocenters. The van der Waals surface area contributed by atoms with Crippen LogP contribution in [-0.2, 0) is 0 Å². The number of hydrogen-bond acceptors (Lipinski definition) is 1. The molecule has 1 saturated carbocycles. The number of alkyl halides is 1. The van der Waals surface area contributed by atoms with E-state index in [0.717, 1.165) is 0 Å². The fourth-order valence-electron chi connectivity index (χ4n) is 3.27. The van der Waals surface area contributed by atoms with Gasteiger partial charge in [-0.25, -0.2) is 0 Å². The maximum Gasteiger partial charge on any atom is 0.0458 e. The van der Waals surface area contributed by atoms with Crippen molar-refractivity contribution in [2.24, 2.45) is 5.41 Å². The van der Waals surface area contributed by atoms with Crippen LogP contribution in [0.5, 0.6) is 0 Å². The van der Waals surface area contributed by atoms with Crippen LogP contribution in [0.3, 0.4) is 0 Å². The second-order valence-electron chi connectivity index (χ2n) is 5.39. The zero-order chi connectivity index (χ0) is 12.3. The number of halogens is 1. The normalized spacial score (nSPS) is 22.3. The summed E-state index contributed by atoms with van der Waals surface area (Å²) in [6.45, 7) is 4.54. The second kappa shape index (κ2) is 5.39. The van der Waals surface area contributed by atoms with Crippen LogP contribution in [0.25, 0.3) is 0 Å². The fraction of sp³-hybridized carbons (Fsp3) is 0.667. The van der Waals surface area contributed by atoms with Gasteiger partial charge in [0.15, 0.2) is 0 Å². The third kappa shape index (κ3) is 2.49. The van der Waals surface area contributed by atoms with Crippen LogP contribution in [0.4, 0.5) is 0 Å². The van der Waals surface area contributed by atoms with Gasteiger partial charge in [-0.2, -0.15) is 0 Å². The number of pyridine rings is 1. The Morgan fingerprint density at radius 3 is 2.41 bits per heavy atom. The summed E-state index contributed by atoms with van der Waals surface area (Å²) >= 11 is 6.81. The minimum absolute atomic E-state index is 0.248. The van der Waals surface area contributed by atoms with Crippen molar-refractivity contribution in [2.75, 3.05) is 0 Å². The van der Waals surface area contributed by atoms with Gasteiger partial charge in [0.25, 0.3) is 0 Å². The van der Waals surface area contributed by atoms with Gasteiger partial charge in [0.05, 0.1) is 0 Å². The largest absolute Gasteiger partial charge is 0.265 e. The molecule has 2 unspecified atom stereocenters. The zero-order valence-electron chi connectivity index (χ0n) is 10.8. The van der Waals surface area contributed by atoms with E-state index in [1.807, 2.05) is 12.4 Å². The van der Waals surface area contributed by atoms with Crippen LogP contribution in [0.15, 0.2) is 24.5 Å². The molecule has 1 aliphatic rings. The summed E-state index contributed by atoms with van der Waals surface area (Å²) in [7, 11) is 0. The highest BCUT2D eigenvalue weighted by Gasteiger charge is 2.41. The highest BCUT2D eigenvalue weighted by Crippen LogP contribution is 2.50. The van der Waals surface area contributed by atoms with Crippen molar-refractivity contribution in [3.63, 3.8) is 0 Å². The molecule has 1 nitrogen and oxygen atoms in total. The SMILES string of the molecule is CCC1(C(Cl)C(C)c2ccncc2)CCCC1. The molecule has 94 valence electrons. The van der Waals surface area contributed by atoms with Gasteiger partial charge in [0, 0.05) is 17.8 Å². The van der Waals surface area contributed by atoms with Crippen LogP contribution in [0.1, 0.15) is 57.4 Å². The Morgan fingerprint density at radius 1 is 1.29 bits per heavy atom. The zero-order valence-corrected chi connectivity index (χ0v) is 11.6. The number of nitrogens with zero attached hydrogens (tertiary/aromatic N) is 1. The molecule has 1 fully saturated rings. The lowest BCUT2D eigenvalue weighted by Crippen LogP contribution is -2.31. The van der Waals surface area contributed by atoms with Gasteiger partial charge in [-0.15, -0.1) is 11.6 Å². The first-order valence-electron chi connectivity index (χ1n) is 6.73. The van der Waals surface area contributed by atoms with Gasteiger partial charge in [0.2, 0.25) is 0 Å². The van der Waals surface area contributed by atoms with Crippen molar-refractivity contribution in [3.8, 4) is 0 Å². The summed E-state index contributed by atoms with van der Waals surface area (Å²) in [6, 6.07) is 4.19. The van der Waals surface area contributed by atoms with E-state index in [-0.39, 0.29) is 5.38 Å². The smallest absolute Gasteiger partial charge is 0.0458 e. The monoisotopic (exact) mass is 251 g/mol. The third-order valence-electron chi connectivity index (χ3n) is 4.56. The average molecular weight is 252 g/mol. The quantitative estimate of drug-likeness (QED) is 0.703. The Kier molecular flexibility index (Phi) is 4.09. The molecule has 1 heterocycles. The fourth-order valence-corrected chi connectivity index (χ4v) is 3.79. The van der Waals surface area contributed by atoms with Gasteiger partial charge in [-0.05, 0) is 48.3 Å². The topological polar surface area (TPSA) is 12.9 Å². The Hall–Kier alpha value is -0.560. The summed E-state index contributed by atoms with van der Waals surface area (Å²) in [5.74, 6) is 0.415. The van der Waals surface area contributed by atoms with Crippen LogP contribution < -0.4 is 0 Å². The number of hydrogen-bond donors (Lipinski definition) is 0. The molecule has 0 N–H and O–H groups in total. The predicted octanol–water partition coefficient (Wildman–Crippen LogP) is 4.76. The Bertz CT molecular complexity index is 343. The molecule has 0 aromatic carbocycles. The van der Waals surface area contributed by atoms with E-state index in [0.29, 0.717) is 11.3 Å². The van der Waals surface area contributed by atoms with Gasteiger partial charge < -0.3 is 0 Å². The molecule has 1 aromatic rings. The highest BCUT2D eigenvalue weighted by atomic mass is 35.5. The number of aromatic nitrogens is 1. The van der Waals surface area contributed by atoms with Crippen LogP contribution in [0.2, 0.25) is 0 Å². The second-order valence-corrected chi connectivity index (χ2v) is 5.86. The molecule has 2 rings (SSSR count). The lowest BCUT2D eigenvalue weighted by atomic mass is 9.74. The van der Waals surface area contributed by atoms with Gasteiger partial charge in [-0.3, -0.25) is 4.98 Å². The molecule has 0 amide bonds. The summed E-state index contributed by atoms with van der Waals surface area (Å²) in [5, 5.41) is 0.248. The van der Waals surface area contributed by atoms with Crippen LogP contribution >= 0.6 is 11.6 Å². The van der Waals surface area contributed by atoms with Gasteiger partial charge in [0.1, 0.15) is 0 Å². The lowest BCUT2D eigenvalue weighted by Gasteiger charge is -2.36. The van der Waals surface area contributed by atoms with Crippen molar-refractivity contribution in [2.45, 2.75) is 57.2 Å². The maximum absolute atomic E-state index is 6.81. The van der Waals surface area contributed by atoms with E-state index in [2.05, 4.69) is 31.0 Å². The molecule has 0 bridgehead atoms. The minimum Gasteiger partial charge on any atom is -0.265 e. The van der Waals surface area contributed by atoms with Crippen molar-refractivity contribution in [1.29, 1.82) is 0 Å². The van der Waals surface area contributed by atoms with Crippen molar-refractivity contribution >= 4 is 11.6 Å². The maximum atomic E-state index is 6.81. The molecule has 0 saturated heterocycles. The molecular formula is C15H22ClN. The van der Waals surface area contributed by atoms with Crippen LogP contribution in [0, 0.1) is 5.41 Å². The summed E-state index contributed by atoms with van der Waals surface area (Å²) < 4.78 is 0. The molecule has 17 heavy (non-hydrogen) atoms. The van der Waals surface area contributed by atoms with Gasteiger partial charge in [-0.1, -0.05) is 26.7 Å². The first-order chi connectivity index (χ1) is 8.19. The Labute approximate surface area is 110 Å². The average Bonchev–Trinajstić information content (AvgIpc) is 2.88. The van der Waals surface area contributed by atoms with Crippen LogP contribution in [-0.4, -0.2) is 10.4 Å². The van der Waals surface area contributed by atoms with Crippen molar-refractivity contribution in [3.05, 3.63) is 30.1 Å². The lowest BCUT2D eigenvalue weighted by molar-refractivity contribution is 0.250. The van der Waals surface area contributed by atoms with E-state index in [1.54, 1.807) is 0 Å². The first-order valence-corrected chi connectivity index (χ1v) is 7.17. The summed E-state index contributed by atoms with van der Waals surface area (Å²) in [5.41, 5.74) is 1.68. The molecule has 2 heteroatoms. The third-order valence-corrected chi connectivity index (χ3v) is 5.40. The predicted molar refractivity (Wildman–Crippen MR) is 73.5 cm³/mol. The molecule has 0 aliphatic heterocycles. The molecule has 0 radical (unpaired) electrons. The standard InChI is InChI=1S/C15H22ClN/c1-3-15(8-4-5-9-15)14(16)12(2)13-6-10-17-11-7-13/h6-7,10-12,14H,3-5,8-9H2,1-2H3. The van der Waals surface area contributed by atoms with E-state index in [9.17, 15) is 0 Å². The number of rotatable bonds is 4. The highest BCUT2D eigenvalue weighted by molar-refractivity contribution is 6.21. The first kappa shape index (κ1) is 12.9. The van der Waals surface area contributed by atoms with Crippen molar-refractivity contribution < 1.29 is 0 Å². The van der Waals surface area contributed by atoms with E-state index < -0.39 is 0 Å². The van der Waals surface area contributed by atoms with E-state index in [1.165, 1.54) is 37.7 Å². The van der Waals surface area contributed by atoms with Gasteiger partial charge >= 0.3 is 0 Å². The van der Waals surface area contributed by atoms with E-state index in [4.69, 9.17) is 11.6 Å². The Balaban J connectivity index is 2.16. The molecular weight excluding hydrogens is 230 g/mol.